The summed E-state index contributed by atoms with van der Waals surface area (Å²) in [6.45, 7) is 3.57. The van der Waals surface area contributed by atoms with Crippen LogP contribution >= 0.6 is 0 Å². The predicted molar refractivity (Wildman–Crippen MR) is 105 cm³/mol. The van der Waals surface area contributed by atoms with Gasteiger partial charge in [-0.15, -0.1) is 0 Å². The topological polar surface area (TPSA) is 66.0 Å². The molecule has 0 heterocycles. The molecule has 26 heavy (non-hydrogen) atoms. The van der Waals surface area contributed by atoms with Gasteiger partial charge in [-0.2, -0.15) is 0 Å². The fraction of sp³-hybridized carbons (Fsp3) is 0.600. The average molecular weight is 361 g/mol. The molecule has 144 valence electrons. The first-order valence-corrected chi connectivity index (χ1v) is 9.54. The van der Waals surface area contributed by atoms with Crippen molar-refractivity contribution in [1.29, 1.82) is 0 Å². The molecule has 6 nitrogen and oxygen atoms in total. The number of ether oxygens (including phenoxy) is 1. The van der Waals surface area contributed by atoms with Crippen molar-refractivity contribution in [3.05, 3.63) is 29.8 Å². The first-order chi connectivity index (χ1) is 12.6. The number of hydrogen-bond donors (Lipinski definition) is 2. The van der Waals surface area contributed by atoms with Gasteiger partial charge in [0.15, 0.2) is 5.96 Å². The Morgan fingerprint density at radius 3 is 2.69 bits per heavy atom. The molecular formula is C20H32N4O2. The van der Waals surface area contributed by atoms with Gasteiger partial charge in [-0.25, -0.2) is 4.99 Å². The summed E-state index contributed by atoms with van der Waals surface area (Å²) in [5.74, 6) is 1.57. The summed E-state index contributed by atoms with van der Waals surface area (Å²) in [6.07, 6.45) is 5.87. The Bertz CT molecular complexity index is 597. The Kier molecular flexibility index (Phi) is 8.25. The molecule has 0 atom stereocenters. The molecule has 0 bridgehead atoms. The van der Waals surface area contributed by atoms with Crippen LogP contribution in [0.1, 0.15) is 44.6 Å². The zero-order valence-corrected chi connectivity index (χ0v) is 16.3. The Balaban J connectivity index is 1.94. The summed E-state index contributed by atoms with van der Waals surface area (Å²) in [5, 5.41) is 6.37. The van der Waals surface area contributed by atoms with Crippen molar-refractivity contribution in [2.45, 2.75) is 51.6 Å². The van der Waals surface area contributed by atoms with Crippen LogP contribution in [-0.4, -0.2) is 50.1 Å². The van der Waals surface area contributed by atoms with Gasteiger partial charge in [-0.05, 0) is 25.8 Å². The van der Waals surface area contributed by atoms with Crippen molar-refractivity contribution < 1.29 is 9.53 Å². The smallest absolute Gasteiger partial charge is 0.242 e. The molecule has 1 aromatic rings. The zero-order valence-electron chi connectivity index (χ0n) is 16.3. The molecule has 0 radical (unpaired) electrons. The lowest BCUT2D eigenvalue weighted by molar-refractivity contribution is -0.120. The molecule has 1 aliphatic carbocycles. The standard InChI is InChI=1S/C20H32N4O2/c1-4-21-20(22-14-19(25)23-17-11-6-5-7-12-17)24(2)15-16-10-8-9-13-18(16)26-3/h8-10,13,17H,4-7,11-12,14-15H2,1-3H3,(H,21,22)(H,23,25). The van der Waals surface area contributed by atoms with Crippen molar-refractivity contribution in [2.24, 2.45) is 4.99 Å². The van der Waals surface area contributed by atoms with Gasteiger partial charge in [-0.3, -0.25) is 4.79 Å². The van der Waals surface area contributed by atoms with E-state index in [1.54, 1.807) is 7.11 Å². The van der Waals surface area contributed by atoms with Gasteiger partial charge in [0.2, 0.25) is 5.91 Å². The molecule has 1 aromatic carbocycles. The summed E-state index contributed by atoms with van der Waals surface area (Å²) in [7, 11) is 3.64. The largest absolute Gasteiger partial charge is 0.496 e. The molecule has 0 unspecified atom stereocenters. The van der Waals surface area contributed by atoms with Gasteiger partial charge < -0.3 is 20.3 Å². The van der Waals surface area contributed by atoms with E-state index in [0.29, 0.717) is 12.6 Å². The maximum Gasteiger partial charge on any atom is 0.242 e. The van der Waals surface area contributed by atoms with Crippen LogP contribution in [0.2, 0.25) is 0 Å². The molecule has 0 aliphatic heterocycles. The van der Waals surface area contributed by atoms with E-state index in [9.17, 15) is 4.79 Å². The molecule has 0 saturated heterocycles. The second-order valence-corrected chi connectivity index (χ2v) is 6.74. The lowest BCUT2D eigenvalue weighted by atomic mass is 9.95. The van der Waals surface area contributed by atoms with E-state index in [0.717, 1.165) is 36.7 Å². The number of guanidine groups is 1. The molecule has 1 fully saturated rings. The maximum absolute atomic E-state index is 12.2. The molecular weight excluding hydrogens is 328 g/mol. The highest BCUT2D eigenvalue weighted by Crippen LogP contribution is 2.19. The Labute approximate surface area is 157 Å². The summed E-state index contributed by atoms with van der Waals surface area (Å²) in [4.78, 5) is 18.7. The van der Waals surface area contributed by atoms with Crippen LogP contribution in [0.5, 0.6) is 5.75 Å². The van der Waals surface area contributed by atoms with E-state index in [4.69, 9.17) is 4.74 Å². The quantitative estimate of drug-likeness (QED) is 0.579. The summed E-state index contributed by atoms with van der Waals surface area (Å²) in [5.41, 5.74) is 1.08. The van der Waals surface area contributed by atoms with Crippen LogP contribution in [0.4, 0.5) is 0 Å². The number of amides is 1. The van der Waals surface area contributed by atoms with Crippen LogP contribution in [-0.2, 0) is 11.3 Å². The van der Waals surface area contributed by atoms with Crippen LogP contribution in [0.15, 0.2) is 29.3 Å². The van der Waals surface area contributed by atoms with E-state index < -0.39 is 0 Å². The predicted octanol–water partition coefficient (Wildman–Crippen LogP) is 2.54. The number of carbonyl (C=O) groups excluding carboxylic acids is 1. The number of para-hydroxylation sites is 1. The van der Waals surface area contributed by atoms with Gasteiger partial charge in [0.25, 0.3) is 0 Å². The van der Waals surface area contributed by atoms with E-state index in [-0.39, 0.29) is 12.5 Å². The number of carbonyl (C=O) groups is 1. The van der Waals surface area contributed by atoms with Crippen molar-refractivity contribution in [1.82, 2.24) is 15.5 Å². The van der Waals surface area contributed by atoms with Crippen LogP contribution in [0.3, 0.4) is 0 Å². The van der Waals surface area contributed by atoms with E-state index in [2.05, 4.69) is 15.6 Å². The lowest BCUT2D eigenvalue weighted by Crippen LogP contribution is -2.41. The highest BCUT2D eigenvalue weighted by molar-refractivity contribution is 5.85. The number of methoxy groups -OCH3 is 1. The number of hydrogen-bond acceptors (Lipinski definition) is 3. The van der Waals surface area contributed by atoms with Gasteiger partial charge in [0.1, 0.15) is 12.3 Å². The third-order valence-electron chi connectivity index (χ3n) is 4.64. The first-order valence-electron chi connectivity index (χ1n) is 9.54. The lowest BCUT2D eigenvalue weighted by Gasteiger charge is -2.24. The molecule has 2 rings (SSSR count). The number of nitrogens with zero attached hydrogens (tertiary/aromatic N) is 2. The highest BCUT2D eigenvalue weighted by Gasteiger charge is 2.16. The number of benzene rings is 1. The van der Waals surface area contributed by atoms with E-state index >= 15 is 0 Å². The monoisotopic (exact) mass is 360 g/mol. The van der Waals surface area contributed by atoms with Crippen molar-refractivity contribution in [2.75, 3.05) is 27.2 Å². The van der Waals surface area contributed by atoms with Gasteiger partial charge in [0.05, 0.1) is 7.11 Å². The van der Waals surface area contributed by atoms with Crippen LogP contribution < -0.4 is 15.4 Å². The van der Waals surface area contributed by atoms with Gasteiger partial charge in [0, 0.05) is 31.7 Å². The molecule has 1 saturated carbocycles. The second-order valence-electron chi connectivity index (χ2n) is 6.74. The van der Waals surface area contributed by atoms with Crippen molar-refractivity contribution in [3.8, 4) is 5.75 Å². The van der Waals surface area contributed by atoms with E-state index in [1.165, 1.54) is 19.3 Å². The number of nitrogens with one attached hydrogen (secondary N) is 2. The summed E-state index contributed by atoms with van der Waals surface area (Å²) < 4.78 is 5.42. The third kappa shape index (κ3) is 6.24. The molecule has 0 spiro atoms. The molecule has 2 N–H and O–H groups in total. The molecule has 1 aliphatic rings. The third-order valence-corrected chi connectivity index (χ3v) is 4.64. The van der Waals surface area contributed by atoms with E-state index in [1.807, 2.05) is 43.1 Å². The fourth-order valence-corrected chi connectivity index (χ4v) is 3.30. The SMILES string of the molecule is CCNC(=NCC(=O)NC1CCCCC1)N(C)Cc1ccccc1OC. The fourth-order valence-electron chi connectivity index (χ4n) is 3.30. The molecule has 1 amide bonds. The van der Waals surface area contributed by atoms with Crippen LogP contribution in [0, 0.1) is 0 Å². The normalized spacial score (nSPS) is 15.4. The zero-order chi connectivity index (χ0) is 18.8. The highest BCUT2D eigenvalue weighted by atomic mass is 16.5. The first kappa shape index (κ1) is 20.1. The Morgan fingerprint density at radius 2 is 2.00 bits per heavy atom. The maximum atomic E-state index is 12.2. The Hall–Kier alpha value is -2.24. The molecule has 6 heteroatoms. The molecule has 0 aromatic heterocycles. The average Bonchev–Trinajstić information content (AvgIpc) is 2.66. The second kappa shape index (κ2) is 10.7. The van der Waals surface area contributed by atoms with Crippen LogP contribution in [0.25, 0.3) is 0 Å². The minimum Gasteiger partial charge on any atom is -0.496 e. The minimum absolute atomic E-state index is 0.00186. The van der Waals surface area contributed by atoms with Gasteiger partial charge >= 0.3 is 0 Å². The Morgan fingerprint density at radius 1 is 1.27 bits per heavy atom. The summed E-state index contributed by atoms with van der Waals surface area (Å²) in [6, 6.07) is 8.25. The van der Waals surface area contributed by atoms with Crippen molar-refractivity contribution >= 4 is 11.9 Å². The minimum atomic E-state index is -0.00186. The summed E-state index contributed by atoms with van der Waals surface area (Å²) >= 11 is 0. The number of aliphatic imine (C=N–C) groups is 1. The number of rotatable bonds is 7. The van der Waals surface area contributed by atoms with Crippen molar-refractivity contribution in [3.63, 3.8) is 0 Å². The van der Waals surface area contributed by atoms with Gasteiger partial charge in [-0.1, -0.05) is 37.5 Å².